The number of nitrogens with zero attached hydrogens (tertiary/aromatic N) is 2. The second kappa shape index (κ2) is 3.51. The van der Waals surface area contributed by atoms with Crippen molar-refractivity contribution in [1.29, 1.82) is 0 Å². The Labute approximate surface area is 86.4 Å². The molecule has 2 rings (SSSR count). The predicted molar refractivity (Wildman–Crippen MR) is 49.7 cm³/mol. The maximum absolute atomic E-state index is 11.6. The topological polar surface area (TPSA) is 73.1 Å². The fourth-order valence-corrected chi connectivity index (χ4v) is 3.51. The van der Waals surface area contributed by atoms with Crippen LogP contribution >= 0.6 is 11.6 Å². The van der Waals surface area contributed by atoms with E-state index in [4.69, 9.17) is 16.0 Å². The second-order valence-electron chi connectivity index (χ2n) is 3.24. The van der Waals surface area contributed by atoms with Gasteiger partial charge in [-0.25, -0.2) is 8.42 Å². The molecule has 0 amide bonds. The Morgan fingerprint density at radius 1 is 1.36 bits per heavy atom. The number of sulfone groups is 1. The van der Waals surface area contributed by atoms with Gasteiger partial charge in [0.25, 0.3) is 0 Å². The van der Waals surface area contributed by atoms with Crippen LogP contribution in [0.3, 0.4) is 0 Å². The van der Waals surface area contributed by atoms with Crippen molar-refractivity contribution in [1.82, 2.24) is 10.2 Å². The van der Waals surface area contributed by atoms with E-state index in [0.717, 1.165) is 6.42 Å². The van der Waals surface area contributed by atoms with Gasteiger partial charge in [-0.2, -0.15) is 0 Å². The highest BCUT2D eigenvalue weighted by molar-refractivity contribution is 7.91. The maximum atomic E-state index is 11.6. The van der Waals surface area contributed by atoms with E-state index in [2.05, 4.69) is 10.2 Å². The molecule has 14 heavy (non-hydrogen) atoms. The molecule has 0 saturated carbocycles. The van der Waals surface area contributed by atoms with Gasteiger partial charge >= 0.3 is 5.35 Å². The molecule has 0 bridgehead atoms. The molecule has 1 aromatic rings. The van der Waals surface area contributed by atoms with Crippen LogP contribution in [0.4, 0.5) is 0 Å². The van der Waals surface area contributed by atoms with E-state index >= 15 is 0 Å². The van der Waals surface area contributed by atoms with Crippen LogP contribution in [-0.4, -0.2) is 24.4 Å². The second-order valence-corrected chi connectivity index (χ2v) is 5.87. The molecule has 1 atom stereocenters. The van der Waals surface area contributed by atoms with E-state index in [1.165, 1.54) is 0 Å². The normalized spacial score (nSPS) is 26.2. The minimum atomic E-state index is -3.12. The van der Waals surface area contributed by atoms with E-state index in [1.807, 2.05) is 0 Å². The highest BCUT2D eigenvalue weighted by Crippen LogP contribution is 2.32. The first kappa shape index (κ1) is 9.92. The van der Waals surface area contributed by atoms with Crippen LogP contribution in [0.25, 0.3) is 0 Å². The molecule has 1 aliphatic rings. The summed E-state index contributed by atoms with van der Waals surface area (Å²) >= 11 is 5.44. The van der Waals surface area contributed by atoms with Gasteiger partial charge in [0.15, 0.2) is 9.84 Å². The number of hydrogen-bond donors (Lipinski definition) is 0. The summed E-state index contributed by atoms with van der Waals surface area (Å²) < 4.78 is 28.2. The lowest BCUT2D eigenvalue weighted by Crippen LogP contribution is -2.21. The molecule has 0 aliphatic carbocycles. The largest absolute Gasteiger partial charge is 0.411 e. The molecule has 78 valence electrons. The SMILES string of the molecule is O=S1(=O)CCCCC1c1nnc(Cl)o1. The zero-order valence-corrected chi connectivity index (χ0v) is 8.88. The van der Waals surface area contributed by atoms with Gasteiger partial charge in [0.05, 0.1) is 5.75 Å². The van der Waals surface area contributed by atoms with Crippen molar-refractivity contribution in [3.05, 3.63) is 11.2 Å². The standard InChI is InChI=1S/C7H9ClN2O3S/c8-7-10-9-6(13-7)5-3-1-2-4-14(5,11)12/h5H,1-4H2. The van der Waals surface area contributed by atoms with Crippen molar-refractivity contribution >= 4 is 21.4 Å². The van der Waals surface area contributed by atoms with E-state index < -0.39 is 15.1 Å². The van der Waals surface area contributed by atoms with E-state index in [9.17, 15) is 8.42 Å². The van der Waals surface area contributed by atoms with Crippen molar-refractivity contribution in [3.63, 3.8) is 0 Å². The molecule has 0 radical (unpaired) electrons. The molecule has 1 aromatic heterocycles. The minimum Gasteiger partial charge on any atom is -0.411 e. The van der Waals surface area contributed by atoms with E-state index in [-0.39, 0.29) is 17.0 Å². The summed E-state index contributed by atoms with van der Waals surface area (Å²) in [5, 5.41) is 6.28. The van der Waals surface area contributed by atoms with Crippen LogP contribution in [0.5, 0.6) is 0 Å². The Bertz CT molecular complexity index is 428. The molecular weight excluding hydrogens is 228 g/mol. The van der Waals surface area contributed by atoms with Crippen LogP contribution in [0.1, 0.15) is 30.4 Å². The van der Waals surface area contributed by atoms with Crippen molar-refractivity contribution in [3.8, 4) is 0 Å². The van der Waals surface area contributed by atoms with Crippen molar-refractivity contribution in [2.45, 2.75) is 24.5 Å². The average Bonchev–Trinajstić information content (AvgIpc) is 2.51. The molecule has 5 nitrogen and oxygen atoms in total. The van der Waals surface area contributed by atoms with Crippen molar-refractivity contribution in [2.24, 2.45) is 0 Å². The molecule has 1 aliphatic heterocycles. The maximum Gasteiger partial charge on any atom is 0.312 e. The molecule has 1 fully saturated rings. The van der Waals surface area contributed by atoms with Crippen LogP contribution in [0.15, 0.2) is 4.42 Å². The lowest BCUT2D eigenvalue weighted by atomic mass is 10.2. The first-order valence-electron chi connectivity index (χ1n) is 4.30. The van der Waals surface area contributed by atoms with Crippen LogP contribution in [0, 0.1) is 0 Å². The molecule has 2 heterocycles. The lowest BCUT2D eigenvalue weighted by Gasteiger charge is -2.18. The molecule has 1 saturated heterocycles. The molecule has 7 heteroatoms. The Kier molecular flexibility index (Phi) is 2.48. The van der Waals surface area contributed by atoms with E-state index in [1.54, 1.807) is 0 Å². The summed E-state index contributed by atoms with van der Waals surface area (Å²) in [6.07, 6.45) is 2.12. The highest BCUT2D eigenvalue weighted by Gasteiger charge is 2.34. The van der Waals surface area contributed by atoms with Gasteiger partial charge in [0, 0.05) is 0 Å². The quantitative estimate of drug-likeness (QED) is 0.736. The van der Waals surface area contributed by atoms with Gasteiger partial charge in [-0.1, -0.05) is 11.5 Å². The zero-order valence-electron chi connectivity index (χ0n) is 7.31. The van der Waals surface area contributed by atoms with Gasteiger partial charge in [-0.3, -0.25) is 0 Å². The third-order valence-corrected chi connectivity index (χ3v) is 4.58. The Morgan fingerprint density at radius 2 is 2.14 bits per heavy atom. The first-order chi connectivity index (χ1) is 6.59. The van der Waals surface area contributed by atoms with Crippen LogP contribution < -0.4 is 0 Å². The summed E-state index contributed by atoms with van der Waals surface area (Å²) in [6, 6.07) is 0. The minimum absolute atomic E-state index is 0.110. The first-order valence-corrected chi connectivity index (χ1v) is 6.39. The summed E-state index contributed by atoms with van der Waals surface area (Å²) in [4.78, 5) is 0. The van der Waals surface area contributed by atoms with Crippen molar-refractivity contribution in [2.75, 3.05) is 5.75 Å². The van der Waals surface area contributed by atoms with Gasteiger partial charge in [-0.15, -0.1) is 5.10 Å². The number of hydrogen-bond acceptors (Lipinski definition) is 5. The summed E-state index contributed by atoms with van der Waals surface area (Å²) in [5.74, 6) is 0.312. The lowest BCUT2D eigenvalue weighted by molar-refractivity contribution is 0.453. The Morgan fingerprint density at radius 3 is 2.71 bits per heavy atom. The summed E-state index contributed by atoms with van der Waals surface area (Å²) in [6.45, 7) is 0. The number of halogens is 1. The Balaban J connectivity index is 2.33. The zero-order chi connectivity index (χ0) is 10.2. The molecule has 0 N–H and O–H groups in total. The summed E-state index contributed by atoms with van der Waals surface area (Å²) in [5.41, 5.74) is 0. The van der Waals surface area contributed by atoms with Crippen molar-refractivity contribution < 1.29 is 12.8 Å². The third kappa shape index (κ3) is 1.76. The average molecular weight is 237 g/mol. The molecule has 0 spiro atoms. The van der Waals surface area contributed by atoms with Crippen LogP contribution in [0.2, 0.25) is 5.35 Å². The molecule has 0 aromatic carbocycles. The smallest absolute Gasteiger partial charge is 0.312 e. The number of rotatable bonds is 1. The number of aromatic nitrogens is 2. The highest BCUT2D eigenvalue weighted by atomic mass is 35.5. The monoisotopic (exact) mass is 236 g/mol. The summed E-state index contributed by atoms with van der Waals surface area (Å²) in [7, 11) is -3.12. The molecular formula is C7H9ClN2O3S. The van der Waals surface area contributed by atoms with Gasteiger partial charge < -0.3 is 4.42 Å². The Hall–Kier alpha value is -0.620. The molecule has 1 unspecified atom stereocenters. The van der Waals surface area contributed by atoms with Gasteiger partial charge in [0.2, 0.25) is 5.89 Å². The van der Waals surface area contributed by atoms with Crippen LogP contribution in [-0.2, 0) is 9.84 Å². The van der Waals surface area contributed by atoms with Gasteiger partial charge in [-0.05, 0) is 24.4 Å². The fraction of sp³-hybridized carbons (Fsp3) is 0.714. The van der Waals surface area contributed by atoms with Gasteiger partial charge in [0.1, 0.15) is 5.25 Å². The fourth-order valence-electron chi connectivity index (χ4n) is 1.58. The predicted octanol–water partition coefficient (Wildman–Crippen LogP) is 1.36. The third-order valence-electron chi connectivity index (χ3n) is 2.27. The van der Waals surface area contributed by atoms with E-state index in [0.29, 0.717) is 12.8 Å².